The summed E-state index contributed by atoms with van der Waals surface area (Å²) in [4.78, 5) is 10.5. The third-order valence-electron chi connectivity index (χ3n) is 4.00. The number of thiazole rings is 1. The van der Waals surface area contributed by atoms with Crippen LogP contribution in [0.25, 0.3) is 0 Å². The monoisotopic (exact) mass is 282 g/mol. The maximum atomic E-state index is 5.70. The van der Waals surface area contributed by atoms with Crippen molar-refractivity contribution in [2.24, 2.45) is 0 Å². The highest BCUT2D eigenvalue weighted by molar-refractivity contribution is 7.15. The molecule has 1 aromatic heterocycles. The summed E-state index contributed by atoms with van der Waals surface area (Å²) >= 11 is 1.61. The van der Waals surface area contributed by atoms with E-state index in [1.807, 2.05) is 6.20 Å². The smallest absolute Gasteiger partial charge is 0.180 e. The number of rotatable bonds is 4. The van der Waals surface area contributed by atoms with Gasteiger partial charge in [-0.25, -0.2) is 4.98 Å². The van der Waals surface area contributed by atoms with Crippen LogP contribution in [0, 0.1) is 0 Å². The van der Waals surface area contributed by atoms with Gasteiger partial charge in [-0.05, 0) is 19.4 Å². The highest BCUT2D eigenvalue weighted by Gasteiger charge is 2.27. The number of morpholine rings is 1. The van der Waals surface area contributed by atoms with Crippen LogP contribution in [0.1, 0.15) is 17.7 Å². The average molecular weight is 282 g/mol. The van der Waals surface area contributed by atoms with Crippen LogP contribution in [-0.4, -0.2) is 60.2 Å². The van der Waals surface area contributed by atoms with E-state index in [-0.39, 0.29) is 0 Å². The second-order valence-corrected chi connectivity index (χ2v) is 6.49. The maximum absolute atomic E-state index is 5.70. The molecule has 19 heavy (non-hydrogen) atoms. The summed E-state index contributed by atoms with van der Waals surface area (Å²) in [6, 6.07) is 0.682. The van der Waals surface area contributed by atoms with Crippen LogP contribution in [0.4, 0.5) is 5.13 Å². The van der Waals surface area contributed by atoms with Crippen molar-refractivity contribution < 1.29 is 4.74 Å². The summed E-state index contributed by atoms with van der Waals surface area (Å²) in [7, 11) is 0. The Labute approximate surface area is 118 Å². The topological polar surface area (TPSA) is 54.6 Å². The number of hydrogen-bond acceptors (Lipinski definition) is 6. The molecule has 0 spiro atoms. The number of hydrogen-bond donors (Lipinski definition) is 1. The van der Waals surface area contributed by atoms with E-state index in [4.69, 9.17) is 10.5 Å². The first-order valence-electron chi connectivity index (χ1n) is 7.05. The molecule has 0 saturated carbocycles. The van der Waals surface area contributed by atoms with Gasteiger partial charge in [0.05, 0.1) is 13.2 Å². The fraction of sp³-hybridized carbons (Fsp3) is 0.769. The predicted molar refractivity (Wildman–Crippen MR) is 77.2 cm³/mol. The molecule has 3 rings (SSSR count). The van der Waals surface area contributed by atoms with Gasteiger partial charge in [-0.2, -0.15) is 0 Å². The van der Waals surface area contributed by atoms with Gasteiger partial charge in [0, 0.05) is 43.3 Å². The minimum Gasteiger partial charge on any atom is -0.379 e. The highest BCUT2D eigenvalue weighted by Crippen LogP contribution is 2.24. The van der Waals surface area contributed by atoms with Crippen molar-refractivity contribution >= 4 is 16.5 Å². The Morgan fingerprint density at radius 3 is 2.95 bits per heavy atom. The van der Waals surface area contributed by atoms with Gasteiger partial charge in [-0.3, -0.25) is 9.80 Å². The number of anilines is 1. The number of likely N-dealkylation sites (tertiary alicyclic amines) is 1. The summed E-state index contributed by atoms with van der Waals surface area (Å²) in [5, 5.41) is 0.680. The van der Waals surface area contributed by atoms with Crippen molar-refractivity contribution in [1.29, 1.82) is 0 Å². The van der Waals surface area contributed by atoms with Gasteiger partial charge in [0.25, 0.3) is 0 Å². The Kier molecular flexibility index (Phi) is 4.32. The lowest BCUT2D eigenvalue weighted by Gasteiger charge is -2.32. The zero-order valence-electron chi connectivity index (χ0n) is 11.3. The first kappa shape index (κ1) is 13.3. The molecule has 2 saturated heterocycles. The SMILES string of the molecule is Nc1ncc(CN2CCCC2CN2CCOCC2)s1. The van der Waals surface area contributed by atoms with Gasteiger partial charge >= 0.3 is 0 Å². The number of nitrogens with two attached hydrogens (primary N) is 1. The number of nitrogen functional groups attached to an aromatic ring is 1. The van der Waals surface area contributed by atoms with E-state index in [0.717, 1.165) is 32.8 Å². The summed E-state index contributed by atoms with van der Waals surface area (Å²) in [6.45, 7) is 7.32. The van der Waals surface area contributed by atoms with Crippen LogP contribution in [0.5, 0.6) is 0 Å². The Balaban J connectivity index is 1.55. The molecule has 2 N–H and O–H groups in total. The highest BCUT2D eigenvalue weighted by atomic mass is 32.1. The Hall–Kier alpha value is -0.690. The van der Waals surface area contributed by atoms with E-state index in [1.54, 1.807) is 11.3 Å². The molecule has 5 nitrogen and oxygen atoms in total. The molecule has 2 aliphatic rings. The van der Waals surface area contributed by atoms with Crippen LogP contribution < -0.4 is 5.73 Å². The van der Waals surface area contributed by atoms with Crippen LogP contribution in [0.3, 0.4) is 0 Å². The van der Waals surface area contributed by atoms with E-state index in [9.17, 15) is 0 Å². The van der Waals surface area contributed by atoms with Gasteiger partial charge in [0.15, 0.2) is 5.13 Å². The molecular weight excluding hydrogens is 260 g/mol. The fourth-order valence-corrected chi connectivity index (χ4v) is 3.70. The Morgan fingerprint density at radius 2 is 2.21 bits per heavy atom. The first-order valence-corrected chi connectivity index (χ1v) is 7.87. The number of aromatic nitrogens is 1. The van der Waals surface area contributed by atoms with E-state index < -0.39 is 0 Å². The van der Waals surface area contributed by atoms with Gasteiger partial charge in [-0.1, -0.05) is 0 Å². The van der Waals surface area contributed by atoms with E-state index in [1.165, 1.54) is 30.8 Å². The molecule has 1 atom stereocenters. The van der Waals surface area contributed by atoms with Gasteiger partial charge in [-0.15, -0.1) is 11.3 Å². The van der Waals surface area contributed by atoms with E-state index in [2.05, 4.69) is 14.8 Å². The largest absolute Gasteiger partial charge is 0.379 e. The van der Waals surface area contributed by atoms with Crippen molar-refractivity contribution in [2.45, 2.75) is 25.4 Å². The molecule has 6 heteroatoms. The molecule has 0 bridgehead atoms. The van der Waals surface area contributed by atoms with Crippen molar-refractivity contribution in [3.05, 3.63) is 11.1 Å². The standard InChI is InChI=1S/C13H22N4OS/c14-13-15-8-12(19-13)10-17-3-1-2-11(17)9-16-4-6-18-7-5-16/h8,11H,1-7,9-10H2,(H2,14,15). The molecule has 1 aromatic rings. The van der Waals surface area contributed by atoms with Crippen LogP contribution in [0.15, 0.2) is 6.20 Å². The second-order valence-electron chi connectivity index (χ2n) is 5.34. The van der Waals surface area contributed by atoms with Gasteiger partial charge in [0.2, 0.25) is 0 Å². The van der Waals surface area contributed by atoms with E-state index in [0.29, 0.717) is 11.2 Å². The lowest BCUT2D eigenvalue weighted by atomic mass is 10.2. The third-order valence-corrected chi connectivity index (χ3v) is 4.81. The molecule has 2 fully saturated rings. The van der Waals surface area contributed by atoms with Gasteiger partial charge in [0.1, 0.15) is 0 Å². The van der Waals surface area contributed by atoms with Crippen molar-refractivity contribution in [3.63, 3.8) is 0 Å². The summed E-state index contributed by atoms with van der Waals surface area (Å²) in [6.07, 6.45) is 4.54. The Morgan fingerprint density at radius 1 is 1.37 bits per heavy atom. The second kappa shape index (κ2) is 6.17. The summed E-state index contributed by atoms with van der Waals surface area (Å²) in [5.41, 5.74) is 5.70. The molecule has 0 radical (unpaired) electrons. The molecule has 0 aromatic carbocycles. The van der Waals surface area contributed by atoms with Gasteiger partial charge < -0.3 is 10.5 Å². The van der Waals surface area contributed by atoms with Crippen molar-refractivity contribution in [1.82, 2.24) is 14.8 Å². The minimum atomic E-state index is 0.680. The molecular formula is C13H22N4OS. The fourth-order valence-electron chi connectivity index (χ4n) is 2.99. The molecule has 0 aliphatic carbocycles. The van der Waals surface area contributed by atoms with Crippen molar-refractivity contribution in [3.8, 4) is 0 Å². The Bertz CT molecular complexity index is 405. The first-order chi connectivity index (χ1) is 9.31. The zero-order valence-corrected chi connectivity index (χ0v) is 12.1. The van der Waals surface area contributed by atoms with Crippen LogP contribution >= 0.6 is 11.3 Å². The molecule has 2 aliphatic heterocycles. The zero-order chi connectivity index (χ0) is 13.1. The summed E-state index contributed by atoms with van der Waals surface area (Å²) < 4.78 is 5.41. The normalized spacial score (nSPS) is 26.0. The van der Waals surface area contributed by atoms with Crippen LogP contribution in [0.2, 0.25) is 0 Å². The van der Waals surface area contributed by atoms with Crippen LogP contribution in [-0.2, 0) is 11.3 Å². The van der Waals surface area contributed by atoms with E-state index >= 15 is 0 Å². The predicted octanol–water partition coefficient (Wildman–Crippen LogP) is 1.02. The quantitative estimate of drug-likeness (QED) is 0.893. The minimum absolute atomic E-state index is 0.680. The average Bonchev–Trinajstić information content (AvgIpc) is 3.01. The number of ether oxygens (including phenoxy) is 1. The van der Waals surface area contributed by atoms with Crippen molar-refractivity contribution in [2.75, 3.05) is 45.1 Å². The molecule has 0 amide bonds. The summed E-state index contributed by atoms with van der Waals surface area (Å²) in [5.74, 6) is 0. The number of nitrogens with zero attached hydrogens (tertiary/aromatic N) is 3. The third kappa shape index (κ3) is 3.45. The molecule has 1 unspecified atom stereocenters. The lowest BCUT2D eigenvalue weighted by molar-refractivity contribution is 0.0262. The lowest BCUT2D eigenvalue weighted by Crippen LogP contribution is -2.44. The maximum Gasteiger partial charge on any atom is 0.180 e. The molecule has 3 heterocycles. The molecule has 106 valence electrons.